The van der Waals surface area contributed by atoms with Crippen LogP contribution in [0.2, 0.25) is 0 Å². The van der Waals surface area contributed by atoms with Gasteiger partial charge in [0.1, 0.15) is 5.82 Å². The van der Waals surface area contributed by atoms with Gasteiger partial charge in [0.05, 0.1) is 5.69 Å². The lowest BCUT2D eigenvalue weighted by Gasteiger charge is -2.23. The Morgan fingerprint density at radius 1 is 0.864 bits per heavy atom. The van der Waals surface area contributed by atoms with E-state index < -0.39 is 0 Å². The Bertz CT molecular complexity index is 780. The summed E-state index contributed by atoms with van der Waals surface area (Å²) in [7, 11) is 0. The van der Waals surface area contributed by atoms with E-state index in [9.17, 15) is 0 Å². The Hall–Kier alpha value is -2.42. The molecule has 3 nitrogen and oxygen atoms in total. The predicted molar refractivity (Wildman–Crippen MR) is 90.2 cm³/mol. The van der Waals surface area contributed by atoms with Crippen LogP contribution in [0.1, 0.15) is 32.2 Å². The van der Waals surface area contributed by atoms with Crippen LogP contribution >= 0.6 is 0 Å². The molecule has 2 aromatic carbocycles. The van der Waals surface area contributed by atoms with Crippen LogP contribution in [-0.4, -0.2) is 14.8 Å². The number of nitrogens with zero attached hydrogens (tertiary/aromatic N) is 3. The molecule has 0 unspecified atom stereocenters. The molecule has 0 aliphatic carbocycles. The van der Waals surface area contributed by atoms with Crippen LogP contribution in [0.3, 0.4) is 0 Å². The molecule has 22 heavy (non-hydrogen) atoms. The predicted octanol–water partition coefficient (Wildman–Crippen LogP) is 4.54. The standard InChI is InChI=1S/C19H21N3/c1-14-20-18(15-10-6-5-7-11-15)22(21-14)17-13-9-8-12-16(17)19(2,3)4/h5-13H,1-4H3. The van der Waals surface area contributed by atoms with E-state index in [1.807, 2.05) is 29.8 Å². The Balaban J connectivity index is 2.23. The van der Waals surface area contributed by atoms with Crippen LogP contribution in [-0.2, 0) is 5.41 Å². The number of para-hydroxylation sites is 1. The summed E-state index contributed by atoms with van der Waals surface area (Å²) in [4.78, 5) is 4.63. The zero-order valence-electron chi connectivity index (χ0n) is 13.5. The van der Waals surface area contributed by atoms with Crippen molar-refractivity contribution in [3.05, 3.63) is 66.0 Å². The molecule has 1 heterocycles. The Kier molecular flexibility index (Phi) is 3.57. The lowest BCUT2D eigenvalue weighted by Crippen LogP contribution is -2.16. The van der Waals surface area contributed by atoms with Gasteiger partial charge < -0.3 is 0 Å². The van der Waals surface area contributed by atoms with Gasteiger partial charge in [0, 0.05) is 5.56 Å². The maximum atomic E-state index is 4.64. The van der Waals surface area contributed by atoms with Gasteiger partial charge in [-0.1, -0.05) is 69.3 Å². The minimum Gasteiger partial charge on any atom is -0.213 e. The maximum Gasteiger partial charge on any atom is 0.163 e. The monoisotopic (exact) mass is 291 g/mol. The molecular formula is C19H21N3. The minimum absolute atomic E-state index is 0.0460. The quantitative estimate of drug-likeness (QED) is 0.694. The van der Waals surface area contributed by atoms with E-state index in [0.717, 1.165) is 22.9 Å². The topological polar surface area (TPSA) is 30.7 Å². The zero-order valence-corrected chi connectivity index (χ0v) is 13.5. The lowest BCUT2D eigenvalue weighted by molar-refractivity contribution is 0.583. The second-order valence-electron chi connectivity index (χ2n) is 6.53. The highest BCUT2D eigenvalue weighted by molar-refractivity contribution is 5.59. The fraction of sp³-hybridized carbons (Fsp3) is 0.263. The van der Waals surface area contributed by atoms with Crippen LogP contribution in [0.4, 0.5) is 0 Å². The van der Waals surface area contributed by atoms with Crippen molar-refractivity contribution in [2.75, 3.05) is 0 Å². The fourth-order valence-electron chi connectivity index (χ4n) is 2.65. The number of hydrogen-bond acceptors (Lipinski definition) is 2. The molecule has 112 valence electrons. The van der Waals surface area contributed by atoms with Crippen molar-refractivity contribution >= 4 is 0 Å². The van der Waals surface area contributed by atoms with Crippen molar-refractivity contribution in [3.8, 4) is 17.1 Å². The Morgan fingerprint density at radius 3 is 2.18 bits per heavy atom. The van der Waals surface area contributed by atoms with E-state index in [0.29, 0.717) is 0 Å². The summed E-state index contributed by atoms with van der Waals surface area (Å²) in [6, 6.07) is 18.6. The molecule has 0 saturated carbocycles. The van der Waals surface area contributed by atoms with E-state index in [4.69, 9.17) is 0 Å². The van der Waals surface area contributed by atoms with E-state index in [1.165, 1.54) is 5.56 Å². The molecule has 0 saturated heterocycles. The van der Waals surface area contributed by atoms with Gasteiger partial charge >= 0.3 is 0 Å². The molecule has 0 spiro atoms. The van der Waals surface area contributed by atoms with E-state index in [-0.39, 0.29) is 5.41 Å². The molecule has 3 heteroatoms. The van der Waals surface area contributed by atoms with Crippen molar-refractivity contribution in [1.82, 2.24) is 14.8 Å². The summed E-state index contributed by atoms with van der Waals surface area (Å²) in [5.41, 5.74) is 3.48. The largest absolute Gasteiger partial charge is 0.213 e. The summed E-state index contributed by atoms with van der Waals surface area (Å²) < 4.78 is 1.96. The number of rotatable bonds is 2. The third kappa shape index (κ3) is 2.67. The average Bonchev–Trinajstić information content (AvgIpc) is 2.89. The smallest absolute Gasteiger partial charge is 0.163 e. The number of aromatic nitrogens is 3. The van der Waals surface area contributed by atoms with Crippen molar-refractivity contribution in [3.63, 3.8) is 0 Å². The van der Waals surface area contributed by atoms with Crippen LogP contribution in [0.5, 0.6) is 0 Å². The van der Waals surface area contributed by atoms with Gasteiger partial charge in [-0.05, 0) is 24.0 Å². The molecule has 0 bridgehead atoms. The maximum absolute atomic E-state index is 4.64. The second kappa shape index (κ2) is 5.41. The van der Waals surface area contributed by atoms with Crippen LogP contribution in [0.15, 0.2) is 54.6 Å². The molecule has 0 aliphatic rings. The van der Waals surface area contributed by atoms with Gasteiger partial charge in [-0.25, -0.2) is 9.67 Å². The van der Waals surface area contributed by atoms with Gasteiger partial charge in [0.2, 0.25) is 0 Å². The molecule has 0 fully saturated rings. The summed E-state index contributed by atoms with van der Waals surface area (Å²) in [6.45, 7) is 8.59. The highest BCUT2D eigenvalue weighted by Crippen LogP contribution is 2.30. The summed E-state index contributed by atoms with van der Waals surface area (Å²) in [6.07, 6.45) is 0. The summed E-state index contributed by atoms with van der Waals surface area (Å²) >= 11 is 0. The first-order valence-electron chi connectivity index (χ1n) is 7.56. The highest BCUT2D eigenvalue weighted by atomic mass is 15.3. The molecular weight excluding hydrogens is 270 g/mol. The zero-order chi connectivity index (χ0) is 15.7. The molecule has 0 atom stereocenters. The Labute approximate surface area is 131 Å². The minimum atomic E-state index is 0.0460. The normalized spacial score (nSPS) is 11.6. The van der Waals surface area contributed by atoms with Crippen LogP contribution < -0.4 is 0 Å². The SMILES string of the molecule is Cc1nc(-c2ccccc2)n(-c2ccccc2C(C)(C)C)n1. The van der Waals surface area contributed by atoms with Crippen molar-refractivity contribution < 1.29 is 0 Å². The molecule has 3 aromatic rings. The molecule has 0 amide bonds. The molecule has 3 rings (SSSR count). The summed E-state index contributed by atoms with van der Waals surface area (Å²) in [5, 5.41) is 4.64. The van der Waals surface area contributed by atoms with Gasteiger partial charge in [-0.15, -0.1) is 0 Å². The molecule has 0 N–H and O–H groups in total. The fourth-order valence-corrected chi connectivity index (χ4v) is 2.65. The highest BCUT2D eigenvalue weighted by Gasteiger charge is 2.21. The average molecular weight is 291 g/mol. The Morgan fingerprint density at radius 2 is 1.50 bits per heavy atom. The van der Waals surface area contributed by atoms with Gasteiger partial charge in [0.25, 0.3) is 0 Å². The third-order valence-corrected chi connectivity index (χ3v) is 3.69. The summed E-state index contributed by atoms with van der Waals surface area (Å²) in [5.74, 6) is 1.66. The van der Waals surface area contributed by atoms with Crippen molar-refractivity contribution in [1.29, 1.82) is 0 Å². The first-order valence-corrected chi connectivity index (χ1v) is 7.56. The van der Waals surface area contributed by atoms with Crippen molar-refractivity contribution in [2.24, 2.45) is 0 Å². The van der Waals surface area contributed by atoms with Crippen LogP contribution in [0.25, 0.3) is 17.1 Å². The van der Waals surface area contributed by atoms with E-state index in [1.54, 1.807) is 0 Å². The lowest BCUT2D eigenvalue weighted by atomic mass is 9.86. The van der Waals surface area contributed by atoms with Gasteiger partial charge in [-0.3, -0.25) is 0 Å². The molecule has 0 aliphatic heterocycles. The van der Waals surface area contributed by atoms with Crippen LogP contribution in [0, 0.1) is 6.92 Å². The number of benzene rings is 2. The molecule has 1 aromatic heterocycles. The number of hydrogen-bond donors (Lipinski definition) is 0. The van der Waals surface area contributed by atoms with Gasteiger partial charge in [0.15, 0.2) is 5.82 Å². The first-order chi connectivity index (χ1) is 10.5. The van der Waals surface area contributed by atoms with E-state index >= 15 is 0 Å². The second-order valence-corrected chi connectivity index (χ2v) is 6.53. The third-order valence-electron chi connectivity index (χ3n) is 3.69. The van der Waals surface area contributed by atoms with Crippen molar-refractivity contribution in [2.45, 2.75) is 33.1 Å². The number of aryl methyl sites for hydroxylation is 1. The van der Waals surface area contributed by atoms with Gasteiger partial charge in [-0.2, -0.15) is 5.10 Å². The molecule has 0 radical (unpaired) electrons. The van der Waals surface area contributed by atoms with E-state index in [2.05, 4.69) is 67.3 Å². The first kappa shape index (κ1) is 14.5.